The first-order valence-electron chi connectivity index (χ1n) is 7.50. The quantitative estimate of drug-likeness (QED) is 0.647. The van der Waals surface area contributed by atoms with Crippen LogP contribution in [0, 0.1) is 0 Å². The molecule has 0 aliphatic carbocycles. The summed E-state index contributed by atoms with van der Waals surface area (Å²) in [6.45, 7) is 0. The largest absolute Gasteiger partial charge is 0.497 e. The van der Waals surface area contributed by atoms with E-state index in [1.807, 2.05) is 0 Å². The van der Waals surface area contributed by atoms with Gasteiger partial charge in [-0.1, -0.05) is 0 Å². The van der Waals surface area contributed by atoms with Gasteiger partial charge in [0.25, 0.3) is 0 Å². The third kappa shape index (κ3) is 5.09. The molecule has 0 saturated heterocycles. The average Bonchev–Trinajstić information content (AvgIpc) is 2.59. The second-order valence-electron chi connectivity index (χ2n) is 5.72. The molecule has 2 aromatic rings. The minimum absolute atomic E-state index is 0.0715. The van der Waals surface area contributed by atoms with E-state index in [1.54, 1.807) is 0 Å². The van der Waals surface area contributed by atoms with Crippen LogP contribution in [0.4, 0.5) is 26.3 Å². The summed E-state index contributed by atoms with van der Waals surface area (Å²) in [6.07, 6.45) is -10.3. The maximum Gasteiger partial charge on any atom is 0.416 e. The van der Waals surface area contributed by atoms with Crippen LogP contribution < -0.4 is 9.47 Å². The molecule has 4 nitrogen and oxygen atoms in total. The highest BCUT2D eigenvalue weighted by molar-refractivity contribution is 7.90. The molecule has 2 aromatic carbocycles. The fraction of sp³-hybridized carbons (Fsp3) is 0.294. The zero-order valence-electron chi connectivity index (χ0n) is 14.5. The molecule has 2 rings (SSSR count). The number of hydrogen-bond acceptors (Lipinski definition) is 4. The van der Waals surface area contributed by atoms with Gasteiger partial charge < -0.3 is 9.47 Å². The van der Waals surface area contributed by atoms with E-state index >= 15 is 0 Å². The van der Waals surface area contributed by atoms with Crippen molar-refractivity contribution in [2.24, 2.45) is 0 Å². The molecule has 0 aromatic heterocycles. The summed E-state index contributed by atoms with van der Waals surface area (Å²) in [4.78, 5) is -1.09. The number of alkyl halides is 6. The first kappa shape index (κ1) is 21.9. The number of ether oxygens (including phenoxy) is 2. The summed E-state index contributed by atoms with van der Waals surface area (Å²) < 4.78 is 113. The summed E-state index contributed by atoms with van der Waals surface area (Å²) in [7, 11) is -1.94. The van der Waals surface area contributed by atoms with E-state index in [0.29, 0.717) is 0 Å². The van der Waals surface area contributed by atoms with E-state index in [0.717, 1.165) is 0 Å². The van der Waals surface area contributed by atoms with Gasteiger partial charge in [0.2, 0.25) is 0 Å². The maximum absolute atomic E-state index is 13.0. The van der Waals surface area contributed by atoms with Crippen molar-refractivity contribution in [1.29, 1.82) is 0 Å². The lowest BCUT2D eigenvalue weighted by atomic mass is 10.1. The van der Waals surface area contributed by atoms with Crippen LogP contribution in [0.15, 0.2) is 41.3 Å². The summed E-state index contributed by atoms with van der Waals surface area (Å²) in [5.41, 5.74) is -3.34. The Hall–Kier alpha value is -2.43. The van der Waals surface area contributed by atoms with E-state index < -0.39 is 44.0 Å². The van der Waals surface area contributed by atoms with Crippen LogP contribution in [-0.2, 0) is 27.9 Å². The Labute approximate surface area is 156 Å². The van der Waals surface area contributed by atoms with E-state index in [9.17, 15) is 34.8 Å². The van der Waals surface area contributed by atoms with Gasteiger partial charge in [-0.15, -0.1) is 0 Å². The Morgan fingerprint density at radius 2 is 1.18 bits per heavy atom. The number of hydrogen-bond donors (Lipinski definition) is 0. The zero-order valence-corrected chi connectivity index (χ0v) is 15.3. The number of sulfone groups is 1. The van der Waals surface area contributed by atoms with Crippen molar-refractivity contribution in [2.45, 2.75) is 23.0 Å². The van der Waals surface area contributed by atoms with Gasteiger partial charge in [0.15, 0.2) is 9.84 Å². The lowest BCUT2D eigenvalue weighted by Gasteiger charge is -2.15. The SMILES string of the molecule is COc1cc(CS(=O)(=O)c2cc(C(F)(F)F)cc(C(F)(F)F)c2)cc(OC)c1. The van der Waals surface area contributed by atoms with E-state index in [1.165, 1.54) is 32.4 Å². The average molecular weight is 428 g/mol. The fourth-order valence-corrected chi connectivity index (χ4v) is 3.74. The summed E-state index contributed by atoms with van der Waals surface area (Å²) in [5, 5.41) is 0. The van der Waals surface area contributed by atoms with Gasteiger partial charge in [0.05, 0.1) is 36.0 Å². The molecule has 0 saturated carbocycles. The molecule has 0 N–H and O–H groups in total. The highest BCUT2D eigenvalue weighted by Gasteiger charge is 2.38. The highest BCUT2D eigenvalue weighted by Crippen LogP contribution is 2.38. The van der Waals surface area contributed by atoms with Crippen LogP contribution in [0.25, 0.3) is 0 Å². The van der Waals surface area contributed by atoms with Crippen molar-refractivity contribution in [2.75, 3.05) is 14.2 Å². The zero-order chi connectivity index (χ0) is 21.3. The van der Waals surface area contributed by atoms with Gasteiger partial charge in [-0.2, -0.15) is 26.3 Å². The molecule has 0 aliphatic heterocycles. The normalized spacial score (nSPS) is 12.7. The first-order valence-corrected chi connectivity index (χ1v) is 9.15. The van der Waals surface area contributed by atoms with Crippen molar-refractivity contribution in [3.63, 3.8) is 0 Å². The van der Waals surface area contributed by atoms with Crippen molar-refractivity contribution < 1.29 is 44.2 Å². The number of benzene rings is 2. The van der Waals surface area contributed by atoms with Crippen molar-refractivity contribution in [3.05, 3.63) is 53.1 Å². The summed E-state index contributed by atoms with van der Waals surface area (Å²) in [5.74, 6) is -0.423. The molecular formula is C17H14F6O4S. The standard InChI is InChI=1S/C17H14F6O4S/c1-26-13-3-10(4-14(8-13)27-2)9-28(24,25)15-6-11(16(18,19)20)5-12(7-15)17(21,22)23/h3-8H,9H2,1-2H3. The predicted molar refractivity (Wildman–Crippen MR) is 86.9 cm³/mol. The molecule has 0 aliphatic rings. The molecule has 0 amide bonds. The van der Waals surface area contributed by atoms with Crippen LogP contribution in [-0.4, -0.2) is 22.6 Å². The Balaban J connectivity index is 2.56. The molecule has 0 fully saturated rings. The van der Waals surface area contributed by atoms with Crippen molar-refractivity contribution >= 4 is 9.84 Å². The molecule has 0 radical (unpaired) electrons. The number of halogens is 6. The Morgan fingerprint density at radius 1 is 0.750 bits per heavy atom. The minimum atomic E-state index is -5.15. The van der Waals surface area contributed by atoms with Crippen LogP contribution in [0.5, 0.6) is 11.5 Å². The van der Waals surface area contributed by atoms with Crippen molar-refractivity contribution in [3.8, 4) is 11.5 Å². The van der Waals surface area contributed by atoms with Gasteiger partial charge in [0, 0.05) is 6.07 Å². The molecule has 0 bridgehead atoms. The molecular weight excluding hydrogens is 414 g/mol. The molecule has 11 heteroatoms. The minimum Gasteiger partial charge on any atom is -0.497 e. The number of rotatable bonds is 5. The van der Waals surface area contributed by atoms with Gasteiger partial charge in [0.1, 0.15) is 11.5 Å². The van der Waals surface area contributed by atoms with Crippen molar-refractivity contribution in [1.82, 2.24) is 0 Å². The Bertz CT molecular complexity index is 910. The summed E-state index contributed by atoms with van der Waals surface area (Å²) in [6, 6.07) is 4.25. The second kappa shape index (κ2) is 7.53. The highest BCUT2D eigenvalue weighted by atomic mass is 32.2. The first-order chi connectivity index (χ1) is 12.8. The lowest BCUT2D eigenvalue weighted by Crippen LogP contribution is -2.14. The molecule has 0 spiro atoms. The summed E-state index contributed by atoms with van der Waals surface area (Å²) >= 11 is 0. The molecule has 154 valence electrons. The fourth-order valence-electron chi connectivity index (χ4n) is 2.36. The van der Waals surface area contributed by atoms with Crippen LogP contribution in [0.1, 0.15) is 16.7 Å². The molecule has 0 heterocycles. The van der Waals surface area contributed by atoms with E-state index in [4.69, 9.17) is 9.47 Å². The van der Waals surface area contributed by atoms with Crippen LogP contribution >= 0.6 is 0 Å². The molecule has 28 heavy (non-hydrogen) atoms. The maximum atomic E-state index is 13.0. The second-order valence-corrected chi connectivity index (χ2v) is 7.71. The Morgan fingerprint density at radius 3 is 1.54 bits per heavy atom. The predicted octanol–water partition coefficient (Wildman–Crippen LogP) is 4.72. The van der Waals surface area contributed by atoms with E-state index in [2.05, 4.69) is 0 Å². The third-order valence-corrected chi connectivity index (χ3v) is 5.36. The molecule has 0 unspecified atom stereocenters. The van der Waals surface area contributed by atoms with E-state index in [-0.39, 0.29) is 35.3 Å². The topological polar surface area (TPSA) is 52.6 Å². The Kier molecular flexibility index (Phi) is 5.88. The third-order valence-electron chi connectivity index (χ3n) is 3.69. The monoisotopic (exact) mass is 428 g/mol. The van der Waals surface area contributed by atoms with Gasteiger partial charge in [-0.3, -0.25) is 0 Å². The smallest absolute Gasteiger partial charge is 0.416 e. The van der Waals surface area contributed by atoms with Gasteiger partial charge >= 0.3 is 12.4 Å². The van der Waals surface area contributed by atoms with Crippen LogP contribution in [0.3, 0.4) is 0 Å². The van der Waals surface area contributed by atoms with Crippen LogP contribution in [0.2, 0.25) is 0 Å². The number of methoxy groups -OCH3 is 2. The van der Waals surface area contributed by atoms with Gasteiger partial charge in [-0.05, 0) is 35.9 Å². The molecule has 0 atom stereocenters. The lowest BCUT2D eigenvalue weighted by molar-refractivity contribution is -0.143. The van der Waals surface area contributed by atoms with Gasteiger partial charge in [-0.25, -0.2) is 8.42 Å².